The van der Waals surface area contributed by atoms with E-state index in [4.69, 9.17) is 0 Å². The number of imidazole rings is 1. The fraction of sp³-hybridized carbons (Fsp3) is 0.400. The number of β-amino-alcohol motifs (C(OH)–C–C–N with tert-alkyl or cyclic N) is 1. The predicted molar refractivity (Wildman–Crippen MR) is 106 cm³/mol. The molecule has 0 radical (unpaired) electrons. The summed E-state index contributed by atoms with van der Waals surface area (Å²) in [5.74, 6) is -0.865. The molecule has 3 aromatic rings. The van der Waals surface area contributed by atoms with Crippen LogP contribution in [0.15, 0.2) is 36.8 Å². The van der Waals surface area contributed by atoms with Crippen LogP contribution >= 0.6 is 0 Å². The second kappa shape index (κ2) is 7.80. The maximum absolute atomic E-state index is 12.9. The fourth-order valence-corrected chi connectivity index (χ4v) is 3.90. The van der Waals surface area contributed by atoms with Crippen molar-refractivity contribution >= 4 is 22.8 Å². The molecule has 11 heteroatoms. The Balaban J connectivity index is 1.48. The second-order valence-electron chi connectivity index (χ2n) is 7.79. The molecule has 3 heterocycles. The van der Waals surface area contributed by atoms with Gasteiger partial charge in [0.1, 0.15) is 5.82 Å². The molecular weight excluding hydrogens is 413 g/mol. The summed E-state index contributed by atoms with van der Waals surface area (Å²) < 4.78 is 38.6. The molecule has 2 N–H and O–H groups in total. The van der Waals surface area contributed by atoms with E-state index >= 15 is 0 Å². The molecular formula is C20H21F3N6O2. The number of nitrogens with one attached hydrogen (secondary N) is 1. The molecule has 0 spiro atoms. The molecule has 1 saturated heterocycles. The SMILES string of the molecule is CN(C[C@]1(O)CCCN(c2cnccn2)C1)C(=O)c1ccc2nc(C(F)(F)F)[nH]c2c1. The summed E-state index contributed by atoms with van der Waals surface area (Å²) in [6.45, 7) is 1.08. The number of aromatic nitrogens is 4. The van der Waals surface area contributed by atoms with Gasteiger partial charge in [-0.05, 0) is 31.0 Å². The van der Waals surface area contributed by atoms with Crippen LogP contribution in [0.3, 0.4) is 0 Å². The third-order valence-corrected chi connectivity index (χ3v) is 5.30. The Kier molecular flexibility index (Phi) is 5.29. The normalized spacial score (nSPS) is 19.6. The van der Waals surface area contributed by atoms with Crippen LogP contribution in [0.1, 0.15) is 29.0 Å². The van der Waals surface area contributed by atoms with Crippen molar-refractivity contribution in [3.05, 3.63) is 48.2 Å². The van der Waals surface area contributed by atoms with Gasteiger partial charge in [0, 0.05) is 38.1 Å². The Morgan fingerprint density at radius 1 is 1.35 bits per heavy atom. The molecule has 1 aromatic carbocycles. The first-order valence-corrected chi connectivity index (χ1v) is 9.70. The van der Waals surface area contributed by atoms with E-state index in [1.165, 1.54) is 23.1 Å². The van der Waals surface area contributed by atoms with E-state index in [2.05, 4.69) is 19.9 Å². The van der Waals surface area contributed by atoms with E-state index in [9.17, 15) is 23.1 Å². The standard InChI is InChI=1S/C20H21F3N6O2/c1-28(11-19(31)5-2-8-29(12-19)16-10-24-6-7-25-16)17(30)13-3-4-14-15(9-13)27-18(26-14)20(21,22)23/h3-4,6-7,9-10,31H,2,5,8,11-12H2,1H3,(H,26,27)/t19-/m1/s1. The molecule has 8 nitrogen and oxygen atoms in total. The smallest absolute Gasteiger partial charge is 0.386 e. The number of hydrogen-bond acceptors (Lipinski definition) is 6. The third-order valence-electron chi connectivity index (χ3n) is 5.30. The van der Waals surface area contributed by atoms with Gasteiger partial charge in [0.25, 0.3) is 5.91 Å². The van der Waals surface area contributed by atoms with Crippen molar-refractivity contribution in [1.82, 2.24) is 24.8 Å². The minimum absolute atomic E-state index is 0.0669. The molecule has 0 aliphatic carbocycles. The first-order valence-electron chi connectivity index (χ1n) is 9.70. The molecule has 1 amide bonds. The number of anilines is 1. The van der Waals surface area contributed by atoms with Crippen LogP contribution in [-0.2, 0) is 6.18 Å². The summed E-state index contributed by atoms with van der Waals surface area (Å²) in [5, 5.41) is 11.1. The van der Waals surface area contributed by atoms with Gasteiger partial charge in [-0.2, -0.15) is 13.2 Å². The number of likely N-dealkylation sites (N-methyl/N-ethyl adjacent to an activating group) is 1. The highest BCUT2D eigenvalue weighted by molar-refractivity contribution is 5.97. The van der Waals surface area contributed by atoms with Gasteiger partial charge in [0.05, 0.1) is 29.4 Å². The van der Waals surface area contributed by atoms with Gasteiger partial charge < -0.3 is 19.9 Å². The van der Waals surface area contributed by atoms with Gasteiger partial charge in [-0.15, -0.1) is 0 Å². The monoisotopic (exact) mass is 434 g/mol. The van der Waals surface area contributed by atoms with E-state index in [1.54, 1.807) is 25.6 Å². The number of piperidine rings is 1. The van der Waals surface area contributed by atoms with Crippen LogP contribution in [-0.4, -0.2) is 68.1 Å². The second-order valence-corrected chi connectivity index (χ2v) is 7.79. The number of rotatable bonds is 4. The highest BCUT2D eigenvalue weighted by Crippen LogP contribution is 2.29. The van der Waals surface area contributed by atoms with Crippen LogP contribution in [0.25, 0.3) is 11.0 Å². The lowest BCUT2D eigenvalue weighted by Gasteiger charge is -2.41. The van der Waals surface area contributed by atoms with Crippen LogP contribution < -0.4 is 4.90 Å². The summed E-state index contributed by atoms with van der Waals surface area (Å²) >= 11 is 0. The first kappa shape index (κ1) is 21.0. The lowest BCUT2D eigenvalue weighted by molar-refractivity contribution is -0.144. The maximum atomic E-state index is 12.9. The number of fused-ring (bicyclic) bond motifs is 1. The van der Waals surface area contributed by atoms with Crippen molar-refractivity contribution in [3.8, 4) is 0 Å². The molecule has 2 aromatic heterocycles. The highest BCUT2D eigenvalue weighted by atomic mass is 19.4. The van der Waals surface area contributed by atoms with Gasteiger partial charge in [-0.25, -0.2) is 9.97 Å². The molecule has 1 aliphatic heterocycles. The summed E-state index contributed by atoms with van der Waals surface area (Å²) in [6, 6.07) is 4.14. The van der Waals surface area contributed by atoms with Crippen molar-refractivity contribution in [2.24, 2.45) is 0 Å². The Bertz CT molecular complexity index is 1090. The van der Waals surface area contributed by atoms with E-state index < -0.39 is 23.5 Å². The average Bonchev–Trinajstić information content (AvgIpc) is 3.17. The average molecular weight is 434 g/mol. The highest BCUT2D eigenvalue weighted by Gasteiger charge is 2.37. The number of hydrogen-bond donors (Lipinski definition) is 2. The van der Waals surface area contributed by atoms with E-state index in [1.807, 2.05) is 4.90 Å². The van der Waals surface area contributed by atoms with Crippen LogP contribution in [0.4, 0.5) is 19.0 Å². The van der Waals surface area contributed by atoms with Crippen molar-refractivity contribution in [2.75, 3.05) is 31.6 Å². The number of carbonyl (C=O) groups excluding carboxylic acids is 1. The number of nitrogens with zero attached hydrogens (tertiary/aromatic N) is 5. The predicted octanol–water partition coefficient (Wildman–Crippen LogP) is 2.48. The minimum atomic E-state index is -4.60. The van der Waals surface area contributed by atoms with Crippen molar-refractivity contribution < 1.29 is 23.1 Å². The van der Waals surface area contributed by atoms with Crippen LogP contribution in [0.2, 0.25) is 0 Å². The van der Waals surface area contributed by atoms with Gasteiger partial charge in [-0.3, -0.25) is 9.78 Å². The first-order chi connectivity index (χ1) is 14.6. The topological polar surface area (TPSA) is 98.2 Å². The van der Waals surface area contributed by atoms with Crippen LogP contribution in [0.5, 0.6) is 0 Å². The zero-order valence-corrected chi connectivity index (χ0v) is 16.7. The molecule has 0 saturated carbocycles. The fourth-order valence-electron chi connectivity index (χ4n) is 3.90. The third kappa shape index (κ3) is 4.46. The van der Waals surface area contributed by atoms with Crippen LogP contribution in [0, 0.1) is 0 Å². The Morgan fingerprint density at radius 3 is 2.87 bits per heavy atom. The zero-order valence-electron chi connectivity index (χ0n) is 16.7. The number of aromatic amines is 1. The zero-order chi connectivity index (χ0) is 22.2. The molecule has 0 bridgehead atoms. The van der Waals surface area contributed by atoms with Gasteiger partial charge in [0.15, 0.2) is 0 Å². The largest absolute Gasteiger partial charge is 0.449 e. The molecule has 1 aliphatic rings. The number of amides is 1. The Labute approximate surface area is 175 Å². The summed E-state index contributed by atoms with van der Waals surface area (Å²) in [6.07, 6.45) is 1.40. The van der Waals surface area contributed by atoms with Gasteiger partial charge >= 0.3 is 6.18 Å². The number of alkyl halides is 3. The lowest BCUT2D eigenvalue weighted by atomic mass is 9.92. The number of H-pyrrole nitrogens is 1. The molecule has 1 fully saturated rings. The molecule has 1 atom stereocenters. The Morgan fingerprint density at radius 2 is 2.16 bits per heavy atom. The minimum Gasteiger partial charge on any atom is -0.386 e. The number of halogens is 3. The van der Waals surface area contributed by atoms with Gasteiger partial charge in [-0.1, -0.05) is 0 Å². The molecule has 164 valence electrons. The van der Waals surface area contributed by atoms with E-state index in [0.29, 0.717) is 12.2 Å². The van der Waals surface area contributed by atoms with Gasteiger partial charge in [0.2, 0.25) is 5.82 Å². The van der Waals surface area contributed by atoms with E-state index in [-0.39, 0.29) is 29.7 Å². The summed E-state index contributed by atoms with van der Waals surface area (Å²) in [4.78, 5) is 30.2. The van der Waals surface area contributed by atoms with Crippen molar-refractivity contribution in [2.45, 2.75) is 24.6 Å². The number of aliphatic hydroxyl groups is 1. The quantitative estimate of drug-likeness (QED) is 0.655. The van der Waals surface area contributed by atoms with Crippen molar-refractivity contribution in [3.63, 3.8) is 0 Å². The molecule has 4 rings (SSSR count). The molecule has 0 unspecified atom stereocenters. The number of benzene rings is 1. The summed E-state index contributed by atoms with van der Waals surface area (Å²) in [5.41, 5.74) is -0.701. The van der Waals surface area contributed by atoms with E-state index in [0.717, 1.165) is 13.0 Å². The van der Waals surface area contributed by atoms with Crippen molar-refractivity contribution in [1.29, 1.82) is 0 Å². The summed E-state index contributed by atoms with van der Waals surface area (Å²) in [7, 11) is 1.56. The number of carbonyl (C=O) groups is 1. The Hall–Kier alpha value is -3.21. The molecule has 31 heavy (non-hydrogen) atoms. The maximum Gasteiger partial charge on any atom is 0.449 e. The lowest BCUT2D eigenvalue weighted by Crippen LogP contribution is -2.54.